The van der Waals surface area contributed by atoms with E-state index >= 15 is 0 Å². The van der Waals surface area contributed by atoms with Crippen molar-refractivity contribution >= 4 is 10.0 Å². The monoisotopic (exact) mass is 368 g/mol. The summed E-state index contributed by atoms with van der Waals surface area (Å²) in [6.45, 7) is 0.204. The number of fused-ring (bicyclic) bond motifs is 1. The number of aryl methyl sites for hydroxylation is 2. The Balaban J connectivity index is 1.51. The van der Waals surface area contributed by atoms with Gasteiger partial charge in [0.25, 0.3) is 0 Å². The van der Waals surface area contributed by atoms with Gasteiger partial charge in [0.1, 0.15) is 5.69 Å². The van der Waals surface area contributed by atoms with Gasteiger partial charge in [-0.05, 0) is 78.8 Å². The summed E-state index contributed by atoms with van der Waals surface area (Å²) in [7, 11) is -3.55. The number of nitrogens with one attached hydrogen (secondary N) is 1. The smallest absolute Gasteiger partial charge is 0.240 e. The SMILES string of the molecule is O=S(=O)(NCc1ccnc(-c2ccco2)c1)c1ccc2c(c1)CCCC2. The summed E-state index contributed by atoms with van der Waals surface area (Å²) in [6.07, 6.45) is 7.53. The summed E-state index contributed by atoms with van der Waals surface area (Å²) < 4.78 is 33.3. The van der Waals surface area contributed by atoms with Gasteiger partial charge in [0, 0.05) is 12.7 Å². The topological polar surface area (TPSA) is 72.2 Å². The molecule has 1 aliphatic carbocycles. The highest BCUT2D eigenvalue weighted by Crippen LogP contribution is 2.24. The van der Waals surface area contributed by atoms with Gasteiger partial charge in [-0.2, -0.15) is 0 Å². The molecular formula is C20H20N2O3S. The number of rotatable bonds is 5. The van der Waals surface area contributed by atoms with Crippen molar-refractivity contribution in [1.82, 2.24) is 9.71 Å². The quantitative estimate of drug-likeness (QED) is 0.745. The molecule has 0 bridgehead atoms. The third-order valence-electron chi connectivity index (χ3n) is 4.69. The van der Waals surface area contributed by atoms with Gasteiger partial charge in [0.15, 0.2) is 5.76 Å². The van der Waals surface area contributed by atoms with Crippen molar-refractivity contribution in [3.8, 4) is 11.5 Å². The molecule has 0 atom stereocenters. The number of benzene rings is 1. The van der Waals surface area contributed by atoms with Crippen molar-refractivity contribution in [2.75, 3.05) is 0 Å². The summed E-state index contributed by atoms with van der Waals surface area (Å²) in [5, 5.41) is 0. The lowest BCUT2D eigenvalue weighted by Gasteiger charge is -2.16. The lowest BCUT2D eigenvalue weighted by atomic mass is 9.92. The minimum atomic E-state index is -3.55. The standard InChI is InChI=1S/C20H20N2O3S/c23-26(24,18-8-7-16-4-1-2-5-17(16)13-18)22-14-15-9-10-21-19(12-15)20-6-3-11-25-20/h3,6-13,22H,1-2,4-5,14H2. The van der Waals surface area contributed by atoms with Gasteiger partial charge < -0.3 is 4.42 Å². The predicted octanol–water partition coefficient (Wildman–Crippen LogP) is 3.70. The molecule has 2 aromatic heterocycles. The van der Waals surface area contributed by atoms with E-state index in [0.29, 0.717) is 16.3 Å². The van der Waals surface area contributed by atoms with Gasteiger partial charge >= 0.3 is 0 Å². The minimum absolute atomic E-state index is 0.204. The summed E-state index contributed by atoms with van der Waals surface area (Å²) in [6, 6.07) is 12.7. The summed E-state index contributed by atoms with van der Waals surface area (Å²) in [5.74, 6) is 0.657. The van der Waals surface area contributed by atoms with Crippen LogP contribution in [0.5, 0.6) is 0 Å². The van der Waals surface area contributed by atoms with E-state index in [1.54, 1.807) is 30.7 Å². The molecule has 3 aromatic rings. The number of nitrogens with zero attached hydrogens (tertiary/aromatic N) is 1. The molecule has 0 amide bonds. The fourth-order valence-corrected chi connectivity index (χ4v) is 4.35. The molecule has 0 saturated heterocycles. The maximum Gasteiger partial charge on any atom is 0.240 e. The van der Waals surface area contributed by atoms with Crippen molar-refractivity contribution in [2.45, 2.75) is 37.1 Å². The molecule has 0 unspecified atom stereocenters. The molecule has 134 valence electrons. The Morgan fingerprint density at radius 2 is 1.88 bits per heavy atom. The van der Waals surface area contributed by atoms with Crippen molar-refractivity contribution in [3.05, 3.63) is 71.6 Å². The van der Waals surface area contributed by atoms with Crippen LogP contribution in [-0.2, 0) is 29.4 Å². The highest BCUT2D eigenvalue weighted by atomic mass is 32.2. The van der Waals surface area contributed by atoms with Gasteiger partial charge in [-0.25, -0.2) is 13.1 Å². The van der Waals surface area contributed by atoms with Crippen molar-refractivity contribution in [1.29, 1.82) is 0 Å². The van der Waals surface area contributed by atoms with E-state index in [2.05, 4.69) is 9.71 Å². The van der Waals surface area contributed by atoms with E-state index < -0.39 is 10.0 Å². The average molecular weight is 368 g/mol. The van der Waals surface area contributed by atoms with Crippen molar-refractivity contribution in [3.63, 3.8) is 0 Å². The molecule has 26 heavy (non-hydrogen) atoms. The second-order valence-corrected chi connectivity index (χ2v) is 8.26. The van der Waals surface area contributed by atoms with E-state index in [1.165, 1.54) is 12.0 Å². The van der Waals surface area contributed by atoms with Crippen LogP contribution < -0.4 is 4.72 Å². The highest BCUT2D eigenvalue weighted by Gasteiger charge is 2.17. The molecule has 4 rings (SSSR count). The van der Waals surface area contributed by atoms with Gasteiger partial charge in [0.05, 0.1) is 11.2 Å². The Hall–Kier alpha value is -2.44. The second kappa shape index (κ2) is 7.05. The maximum absolute atomic E-state index is 12.7. The molecule has 0 spiro atoms. The molecule has 2 heterocycles. The van der Waals surface area contributed by atoms with Crippen LogP contribution in [0.2, 0.25) is 0 Å². The third kappa shape index (κ3) is 3.57. The first-order valence-electron chi connectivity index (χ1n) is 8.72. The van der Waals surface area contributed by atoms with E-state index in [9.17, 15) is 8.42 Å². The number of furan rings is 1. The van der Waals surface area contributed by atoms with Crippen LogP contribution in [0.4, 0.5) is 0 Å². The van der Waals surface area contributed by atoms with E-state index in [-0.39, 0.29) is 6.54 Å². The molecule has 0 aliphatic heterocycles. The van der Waals surface area contributed by atoms with E-state index in [1.807, 2.05) is 24.3 Å². The summed E-state index contributed by atoms with van der Waals surface area (Å²) >= 11 is 0. The second-order valence-electron chi connectivity index (χ2n) is 6.49. The van der Waals surface area contributed by atoms with E-state index in [0.717, 1.165) is 30.4 Å². The maximum atomic E-state index is 12.7. The van der Waals surface area contributed by atoms with E-state index in [4.69, 9.17) is 4.42 Å². The van der Waals surface area contributed by atoms with Crippen molar-refractivity contribution in [2.24, 2.45) is 0 Å². The van der Waals surface area contributed by atoms with Crippen LogP contribution in [0.3, 0.4) is 0 Å². The van der Waals surface area contributed by atoms with Crippen LogP contribution in [-0.4, -0.2) is 13.4 Å². The fraction of sp³-hybridized carbons (Fsp3) is 0.250. The first-order chi connectivity index (χ1) is 12.6. The minimum Gasteiger partial charge on any atom is -0.463 e. The molecule has 0 radical (unpaired) electrons. The number of hydrogen-bond acceptors (Lipinski definition) is 4. The first kappa shape index (κ1) is 17.0. The largest absolute Gasteiger partial charge is 0.463 e. The van der Waals surface area contributed by atoms with Crippen LogP contribution >= 0.6 is 0 Å². The zero-order chi connectivity index (χ0) is 18.0. The Bertz CT molecular complexity index is 1010. The van der Waals surface area contributed by atoms with Crippen LogP contribution in [0.1, 0.15) is 29.5 Å². The van der Waals surface area contributed by atoms with Gasteiger partial charge in [-0.3, -0.25) is 4.98 Å². The first-order valence-corrected chi connectivity index (χ1v) is 10.2. The van der Waals surface area contributed by atoms with Crippen LogP contribution in [0, 0.1) is 0 Å². The molecule has 1 N–H and O–H groups in total. The lowest BCUT2D eigenvalue weighted by molar-refractivity contribution is 0.579. The normalized spacial score (nSPS) is 14.2. The van der Waals surface area contributed by atoms with Crippen LogP contribution in [0.25, 0.3) is 11.5 Å². The number of sulfonamides is 1. The fourth-order valence-electron chi connectivity index (χ4n) is 3.28. The number of aromatic nitrogens is 1. The number of pyridine rings is 1. The Labute approximate surface area is 153 Å². The zero-order valence-electron chi connectivity index (χ0n) is 14.3. The Kier molecular flexibility index (Phi) is 4.61. The molecule has 5 nitrogen and oxygen atoms in total. The lowest BCUT2D eigenvalue weighted by Crippen LogP contribution is -2.23. The third-order valence-corrected chi connectivity index (χ3v) is 6.09. The van der Waals surface area contributed by atoms with Gasteiger partial charge in [-0.15, -0.1) is 0 Å². The zero-order valence-corrected chi connectivity index (χ0v) is 15.1. The molecule has 0 saturated carbocycles. The Morgan fingerprint density at radius 3 is 2.69 bits per heavy atom. The summed E-state index contributed by atoms with van der Waals surface area (Å²) in [5.41, 5.74) is 3.93. The van der Waals surface area contributed by atoms with Crippen LogP contribution in [0.15, 0.2) is 64.2 Å². The van der Waals surface area contributed by atoms with Gasteiger partial charge in [-0.1, -0.05) is 6.07 Å². The molecule has 1 aliphatic rings. The molecule has 1 aromatic carbocycles. The van der Waals surface area contributed by atoms with Crippen molar-refractivity contribution < 1.29 is 12.8 Å². The molecule has 6 heteroatoms. The molecule has 0 fully saturated rings. The average Bonchev–Trinajstić information content (AvgIpc) is 3.21. The Morgan fingerprint density at radius 1 is 1.04 bits per heavy atom. The number of hydrogen-bond donors (Lipinski definition) is 1. The summed E-state index contributed by atoms with van der Waals surface area (Å²) in [4.78, 5) is 4.59. The van der Waals surface area contributed by atoms with Gasteiger partial charge in [0.2, 0.25) is 10.0 Å². The predicted molar refractivity (Wildman–Crippen MR) is 99.0 cm³/mol. The highest BCUT2D eigenvalue weighted by molar-refractivity contribution is 7.89. The molecular weight excluding hydrogens is 348 g/mol.